The van der Waals surface area contributed by atoms with Crippen LogP contribution in [-0.4, -0.2) is 35.7 Å². The lowest BCUT2D eigenvalue weighted by Crippen LogP contribution is -2.24. The Morgan fingerprint density at radius 2 is 2.00 bits per heavy atom. The molecule has 4 aromatic rings. The minimum atomic E-state index is -0.581. The minimum absolute atomic E-state index is 0.152. The first kappa shape index (κ1) is 18.1. The second kappa shape index (κ2) is 7.41. The monoisotopic (exact) mass is 414 g/mol. The number of nitrogens with one attached hydrogen (secondary N) is 1. The van der Waals surface area contributed by atoms with Crippen molar-refractivity contribution in [3.05, 3.63) is 70.5 Å². The molecule has 28 heavy (non-hydrogen) atoms. The Morgan fingerprint density at radius 1 is 1.21 bits per heavy atom. The number of hydrogen-bond donors (Lipinski definition) is 2. The van der Waals surface area contributed by atoms with Crippen LogP contribution in [0.1, 0.15) is 16.1 Å². The van der Waals surface area contributed by atoms with Crippen molar-refractivity contribution in [2.45, 2.75) is 6.54 Å². The van der Waals surface area contributed by atoms with Gasteiger partial charge in [0.15, 0.2) is 17.3 Å². The van der Waals surface area contributed by atoms with E-state index >= 15 is 0 Å². The molecule has 0 saturated carbocycles. The summed E-state index contributed by atoms with van der Waals surface area (Å²) in [6.45, 7) is 0.152. The summed E-state index contributed by atoms with van der Waals surface area (Å²) >= 11 is 12.0. The van der Waals surface area contributed by atoms with Crippen molar-refractivity contribution in [3.8, 4) is 11.6 Å². The van der Waals surface area contributed by atoms with Crippen molar-refractivity contribution in [3.63, 3.8) is 0 Å². The largest absolute Gasteiger partial charge is 0.504 e. The van der Waals surface area contributed by atoms with E-state index in [0.717, 1.165) is 0 Å². The number of carbonyl (C=O) groups is 1. The third-order valence-electron chi connectivity index (χ3n) is 3.94. The zero-order valence-electron chi connectivity index (χ0n) is 14.2. The number of fused-ring (bicyclic) bond motifs is 1. The third-order valence-corrected chi connectivity index (χ3v) is 4.38. The zero-order chi connectivity index (χ0) is 19.7. The molecular weight excluding hydrogens is 403 g/mol. The summed E-state index contributed by atoms with van der Waals surface area (Å²) in [7, 11) is 0. The van der Waals surface area contributed by atoms with Gasteiger partial charge in [0, 0.05) is 28.2 Å². The number of rotatable bonds is 4. The van der Waals surface area contributed by atoms with E-state index in [2.05, 4.69) is 25.4 Å². The van der Waals surface area contributed by atoms with Crippen LogP contribution in [0.25, 0.3) is 16.7 Å². The first-order valence-corrected chi connectivity index (χ1v) is 8.84. The number of nitrogens with zero attached hydrogens (tertiary/aromatic N) is 5. The van der Waals surface area contributed by atoms with E-state index in [0.29, 0.717) is 26.8 Å². The Kier molecular flexibility index (Phi) is 4.81. The molecule has 8 nitrogen and oxygen atoms in total. The average Bonchev–Trinajstić information content (AvgIpc) is 3.20. The van der Waals surface area contributed by atoms with Gasteiger partial charge in [0.25, 0.3) is 5.91 Å². The van der Waals surface area contributed by atoms with E-state index in [4.69, 9.17) is 23.2 Å². The molecule has 4 rings (SSSR count). The summed E-state index contributed by atoms with van der Waals surface area (Å²) in [4.78, 5) is 25.1. The highest BCUT2D eigenvalue weighted by Gasteiger charge is 2.21. The van der Waals surface area contributed by atoms with Gasteiger partial charge in [-0.25, -0.2) is 14.6 Å². The minimum Gasteiger partial charge on any atom is -0.504 e. The van der Waals surface area contributed by atoms with Gasteiger partial charge in [-0.05, 0) is 35.9 Å². The molecule has 0 unspecified atom stereocenters. The van der Waals surface area contributed by atoms with Crippen LogP contribution in [0.5, 0.6) is 5.75 Å². The fraction of sp³-hybridized carbons (Fsp3) is 0.0556. The molecule has 0 spiro atoms. The number of pyridine rings is 2. The number of aromatic nitrogens is 5. The first-order valence-electron chi connectivity index (χ1n) is 8.09. The molecular formula is C18H12Cl2N6O2. The van der Waals surface area contributed by atoms with Gasteiger partial charge in [-0.1, -0.05) is 23.2 Å². The molecule has 0 saturated heterocycles. The molecule has 3 aromatic heterocycles. The summed E-state index contributed by atoms with van der Waals surface area (Å²) < 4.78 is 1.40. The highest BCUT2D eigenvalue weighted by molar-refractivity contribution is 6.34. The molecule has 0 bridgehead atoms. The summed E-state index contributed by atoms with van der Waals surface area (Å²) in [5, 5.41) is 18.8. The van der Waals surface area contributed by atoms with Crippen LogP contribution in [0.4, 0.5) is 0 Å². The highest BCUT2D eigenvalue weighted by atomic mass is 35.5. The van der Waals surface area contributed by atoms with E-state index in [1.165, 1.54) is 23.5 Å². The molecule has 0 fully saturated rings. The molecule has 2 N–H and O–H groups in total. The maximum absolute atomic E-state index is 12.7. The molecule has 140 valence electrons. The predicted octanol–water partition coefficient (Wildman–Crippen LogP) is 3.15. The van der Waals surface area contributed by atoms with Gasteiger partial charge in [0.2, 0.25) is 0 Å². The number of aromatic hydroxyl groups is 1. The van der Waals surface area contributed by atoms with E-state index in [9.17, 15) is 9.90 Å². The van der Waals surface area contributed by atoms with Crippen LogP contribution in [-0.2, 0) is 6.54 Å². The maximum atomic E-state index is 12.7. The number of halogens is 2. The first-order chi connectivity index (χ1) is 13.5. The van der Waals surface area contributed by atoms with Crippen LogP contribution >= 0.6 is 23.2 Å². The van der Waals surface area contributed by atoms with Crippen molar-refractivity contribution in [1.82, 2.24) is 30.0 Å². The summed E-state index contributed by atoms with van der Waals surface area (Å²) in [5.74, 6) is -0.571. The summed E-state index contributed by atoms with van der Waals surface area (Å²) in [6, 6.07) is 8.39. The van der Waals surface area contributed by atoms with Crippen LogP contribution in [0.3, 0.4) is 0 Å². The smallest absolute Gasteiger partial charge is 0.274 e. The molecule has 10 heteroatoms. The van der Waals surface area contributed by atoms with E-state index in [1.54, 1.807) is 30.3 Å². The van der Waals surface area contributed by atoms with Crippen molar-refractivity contribution in [2.24, 2.45) is 0 Å². The predicted molar refractivity (Wildman–Crippen MR) is 104 cm³/mol. The van der Waals surface area contributed by atoms with Gasteiger partial charge >= 0.3 is 0 Å². The van der Waals surface area contributed by atoms with E-state index < -0.39 is 5.91 Å². The van der Waals surface area contributed by atoms with Gasteiger partial charge < -0.3 is 10.4 Å². The Labute approximate surface area is 168 Å². The van der Waals surface area contributed by atoms with Crippen LogP contribution in [0.15, 0.2) is 49.2 Å². The second-order valence-electron chi connectivity index (χ2n) is 5.83. The molecule has 0 aliphatic carbocycles. The van der Waals surface area contributed by atoms with Gasteiger partial charge in [0.1, 0.15) is 18.2 Å². The van der Waals surface area contributed by atoms with Gasteiger partial charge in [-0.3, -0.25) is 9.78 Å². The quantitative estimate of drug-likeness (QED) is 0.531. The Bertz CT molecular complexity index is 1160. The fourth-order valence-corrected chi connectivity index (χ4v) is 3.31. The van der Waals surface area contributed by atoms with Crippen LogP contribution in [0, 0.1) is 0 Å². The highest BCUT2D eigenvalue weighted by Crippen LogP contribution is 2.29. The lowest BCUT2D eigenvalue weighted by atomic mass is 10.2. The number of amides is 1. The molecule has 3 heterocycles. The van der Waals surface area contributed by atoms with Crippen molar-refractivity contribution in [2.75, 3.05) is 0 Å². The van der Waals surface area contributed by atoms with Crippen LogP contribution < -0.4 is 5.32 Å². The molecule has 0 radical (unpaired) electrons. The fourth-order valence-electron chi connectivity index (χ4n) is 2.74. The zero-order valence-corrected chi connectivity index (χ0v) is 15.7. The molecule has 0 aliphatic heterocycles. The third kappa shape index (κ3) is 3.47. The lowest BCUT2D eigenvalue weighted by molar-refractivity contribution is 0.0943. The van der Waals surface area contributed by atoms with E-state index in [1.807, 2.05) is 0 Å². The molecule has 0 aliphatic rings. The van der Waals surface area contributed by atoms with E-state index in [-0.39, 0.29) is 23.5 Å². The molecule has 0 atom stereocenters. The number of carbonyl (C=O) groups excluding carboxylic acids is 1. The van der Waals surface area contributed by atoms with Gasteiger partial charge in [-0.15, -0.1) is 0 Å². The normalized spacial score (nSPS) is 10.9. The molecule has 1 aromatic carbocycles. The van der Waals surface area contributed by atoms with Gasteiger partial charge in [-0.2, -0.15) is 5.10 Å². The van der Waals surface area contributed by atoms with Gasteiger partial charge in [0.05, 0.1) is 0 Å². The molecule has 1 amide bonds. The standard InChI is InChI=1S/C18H12Cl2N6O2/c19-11-4-10(5-12(20)6-11)7-23-18(28)15-16(27)14-13(2-1-3-22-14)17(25-15)26-9-21-8-24-26/h1-6,8-9,27H,7H2,(H,23,28). The number of benzene rings is 1. The second-order valence-corrected chi connectivity index (χ2v) is 6.71. The lowest BCUT2D eigenvalue weighted by Gasteiger charge is -2.11. The summed E-state index contributed by atoms with van der Waals surface area (Å²) in [5.41, 5.74) is 0.768. The Morgan fingerprint density at radius 3 is 2.71 bits per heavy atom. The topological polar surface area (TPSA) is 106 Å². The van der Waals surface area contributed by atoms with Crippen molar-refractivity contribution in [1.29, 1.82) is 0 Å². The van der Waals surface area contributed by atoms with Crippen molar-refractivity contribution >= 4 is 40.0 Å². The Hall–Kier alpha value is -3.23. The average molecular weight is 415 g/mol. The van der Waals surface area contributed by atoms with Crippen LogP contribution in [0.2, 0.25) is 10.0 Å². The summed E-state index contributed by atoms with van der Waals surface area (Å²) in [6.07, 6.45) is 4.31. The number of hydrogen-bond acceptors (Lipinski definition) is 6. The van der Waals surface area contributed by atoms with Crippen molar-refractivity contribution < 1.29 is 9.90 Å². The maximum Gasteiger partial charge on any atom is 0.274 e. The Balaban J connectivity index is 1.71. The SMILES string of the molecule is O=C(NCc1cc(Cl)cc(Cl)c1)c1nc(-n2cncn2)c2cccnc2c1O.